The Hall–Kier alpha value is -4.39. The van der Waals surface area contributed by atoms with E-state index >= 15 is 0 Å². The molecule has 1 aliphatic carbocycles. The van der Waals surface area contributed by atoms with Crippen LogP contribution in [0, 0.1) is 5.92 Å². The van der Waals surface area contributed by atoms with Crippen molar-refractivity contribution >= 4 is 33.6 Å². The van der Waals surface area contributed by atoms with Crippen molar-refractivity contribution in [3.05, 3.63) is 95.9 Å². The van der Waals surface area contributed by atoms with Gasteiger partial charge in [0.25, 0.3) is 0 Å². The van der Waals surface area contributed by atoms with Crippen molar-refractivity contribution in [2.24, 2.45) is 5.92 Å². The Balaban J connectivity index is 1.18. The summed E-state index contributed by atoms with van der Waals surface area (Å²) < 4.78 is 8.42. The summed E-state index contributed by atoms with van der Waals surface area (Å²) in [6.45, 7) is 3.25. The molecule has 1 aliphatic heterocycles. The Bertz CT molecular complexity index is 1740. The number of benzene rings is 3. The predicted molar refractivity (Wildman–Crippen MR) is 170 cm³/mol. The summed E-state index contributed by atoms with van der Waals surface area (Å²) in [6, 6.07) is 27.1. The van der Waals surface area contributed by atoms with Crippen molar-refractivity contribution in [3.8, 4) is 5.75 Å². The lowest BCUT2D eigenvalue weighted by molar-refractivity contribution is -0.143. The van der Waals surface area contributed by atoms with E-state index in [0.717, 1.165) is 71.6 Å². The number of aromatic nitrogens is 3. The fourth-order valence-electron chi connectivity index (χ4n) is 6.90. The molecule has 3 aromatic carbocycles. The van der Waals surface area contributed by atoms with Crippen LogP contribution >= 0.6 is 0 Å². The molecule has 43 heavy (non-hydrogen) atoms. The lowest BCUT2D eigenvalue weighted by Gasteiger charge is -2.29. The SMILES string of the molecule is O=C(O)[C@H]1CCCCC1c1nc2cc(OCc3ccc4ccccc4n3)ccc2n1Cc1ccc(N2CCCCC2)cc1. The van der Waals surface area contributed by atoms with Crippen LogP contribution in [0.1, 0.15) is 67.9 Å². The van der Waals surface area contributed by atoms with Gasteiger partial charge < -0.3 is 19.3 Å². The maximum Gasteiger partial charge on any atom is 0.307 e. The zero-order chi connectivity index (χ0) is 29.2. The number of aliphatic carboxylic acids is 1. The minimum atomic E-state index is -0.721. The van der Waals surface area contributed by atoms with Crippen LogP contribution in [0.5, 0.6) is 5.75 Å². The fraction of sp³-hybridized carbons (Fsp3) is 0.361. The molecule has 0 bridgehead atoms. The van der Waals surface area contributed by atoms with Crippen molar-refractivity contribution in [1.29, 1.82) is 0 Å². The first kappa shape index (κ1) is 27.4. The molecule has 1 N–H and O–H groups in total. The third-order valence-electron chi connectivity index (χ3n) is 9.21. The zero-order valence-electron chi connectivity index (χ0n) is 24.5. The highest BCUT2D eigenvalue weighted by Gasteiger charge is 2.35. The van der Waals surface area contributed by atoms with Crippen LogP contribution in [-0.2, 0) is 17.9 Å². The predicted octanol–water partition coefficient (Wildman–Crippen LogP) is 7.56. The number of carbonyl (C=O) groups is 1. The highest BCUT2D eigenvalue weighted by molar-refractivity contribution is 5.79. The number of anilines is 1. The normalized spacial score (nSPS) is 19.1. The molecular weight excluding hydrogens is 536 g/mol. The maximum atomic E-state index is 12.3. The number of carboxylic acids is 1. The second-order valence-electron chi connectivity index (χ2n) is 12.0. The quantitative estimate of drug-likeness (QED) is 0.206. The molecule has 2 aromatic heterocycles. The van der Waals surface area contributed by atoms with E-state index < -0.39 is 11.9 Å². The largest absolute Gasteiger partial charge is 0.487 e. The van der Waals surface area contributed by atoms with Gasteiger partial charge in [0.15, 0.2) is 0 Å². The molecule has 1 saturated carbocycles. The van der Waals surface area contributed by atoms with E-state index in [-0.39, 0.29) is 5.92 Å². The van der Waals surface area contributed by atoms with E-state index in [4.69, 9.17) is 14.7 Å². The first-order valence-corrected chi connectivity index (χ1v) is 15.7. The first-order valence-electron chi connectivity index (χ1n) is 15.7. The number of carboxylic acid groups (broad SMARTS) is 1. The minimum absolute atomic E-state index is 0.113. The smallest absolute Gasteiger partial charge is 0.307 e. The van der Waals surface area contributed by atoms with Crippen LogP contribution in [0.15, 0.2) is 78.9 Å². The molecule has 7 rings (SSSR count). The summed E-state index contributed by atoms with van der Waals surface area (Å²) in [4.78, 5) is 24.6. The summed E-state index contributed by atoms with van der Waals surface area (Å²) in [5.41, 5.74) is 6.11. The van der Waals surface area contributed by atoms with Gasteiger partial charge in [-0.15, -0.1) is 0 Å². The van der Waals surface area contributed by atoms with Crippen LogP contribution in [0.2, 0.25) is 0 Å². The molecule has 2 atom stereocenters. The van der Waals surface area contributed by atoms with Crippen molar-refractivity contribution in [1.82, 2.24) is 14.5 Å². The van der Waals surface area contributed by atoms with E-state index in [0.29, 0.717) is 19.6 Å². The molecule has 0 spiro atoms. The Morgan fingerprint density at radius 2 is 1.65 bits per heavy atom. The fourth-order valence-corrected chi connectivity index (χ4v) is 6.90. The average Bonchev–Trinajstić information content (AvgIpc) is 3.41. The molecule has 1 unspecified atom stereocenters. The van der Waals surface area contributed by atoms with E-state index in [1.54, 1.807) is 0 Å². The Labute approximate surface area is 252 Å². The minimum Gasteiger partial charge on any atom is -0.487 e. The van der Waals surface area contributed by atoms with Crippen LogP contribution in [0.4, 0.5) is 5.69 Å². The highest BCUT2D eigenvalue weighted by Crippen LogP contribution is 2.39. The molecule has 0 radical (unpaired) electrons. The summed E-state index contributed by atoms with van der Waals surface area (Å²) in [6.07, 6.45) is 7.33. The van der Waals surface area contributed by atoms with Gasteiger partial charge in [-0.1, -0.05) is 49.2 Å². The van der Waals surface area contributed by atoms with Gasteiger partial charge in [-0.05, 0) is 74.1 Å². The molecular formula is C36H38N4O3. The van der Waals surface area contributed by atoms with Crippen LogP contribution in [-0.4, -0.2) is 38.7 Å². The molecule has 3 heterocycles. The standard InChI is InChI=1S/C36H38N4O3/c41-36(42)31-10-4-3-9-30(31)35-38-33-22-29(43-24-27-15-14-26-8-2-5-11-32(26)37-27)18-19-34(33)40(35)23-25-12-16-28(17-13-25)39-20-6-1-7-21-39/h2,5,8,11-19,22,30-31H,1,3-4,6-7,9-10,20-21,23-24H2,(H,41,42)/t30?,31-/m0/s1. The second-order valence-corrected chi connectivity index (χ2v) is 12.0. The lowest BCUT2D eigenvalue weighted by Crippen LogP contribution is -2.29. The van der Waals surface area contributed by atoms with E-state index in [2.05, 4.69) is 51.9 Å². The van der Waals surface area contributed by atoms with Gasteiger partial charge in [-0.25, -0.2) is 9.97 Å². The molecule has 1 saturated heterocycles. The number of imidazole rings is 1. The highest BCUT2D eigenvalue weighted by atomic mass is 16.5. The second kappa shape index (κ2) is 12.1. The van der Waals surface area contributed by atoms with E-state index in [9.17, 15) is 9.90 Å². The van der Waals surface area contributed by atoms with Crippen LogP contribution in [0.25, 0.3) is 21.9 Å². The van der Waals surface area contributed by atoms with Crippen molar-refractivity contribution < 1.29 is 14.6 Å². The van der Waals surface area contributed by atoms with Crippen LogP contribution < -0.4 is 9.64 Å². The third-order valence-corrected chi connectivity index (χ3v) is 9.21. The maximum absolute atomic E-state index is 12.3. The molecule has 220 valence electrons. The number of fused-ring (bicyclic) bond motifs is 2. The molecule has 5 aromatic rings. The summed E-state index contributed by atoms with van der Waals surface area (Å²) in [5, 5.41) is 11.2. The van der Waals surface area contributed by atoms with Crippen molar-refractivity contribution in [3.63, 3.8) is 0 Å². The van der Waals surface area contributed by atoms with Gasteiger partial charge in [0.2, 0.25) is 0 Å². The van der Waals surface area contributed by atoms with Gasteiger partial charge >= 0.3 is 5.97 Å². The molecule has 7 nitrogen and oxygen atoms in total. The Kier molecular flexibility index (Phi) is 7.71. The summed E-state index contributed by atoms with van der Waals surface area (Å²) in [5.74, 6) is 0.345. The van der Waals surface area contributed by atoms with Gasteiger partial charge in [0.1, 0.15) is 18.2 Å². The zero-order valence-corrected chi connectivity index (χ0v) is 24.5. The number of hydrogen-bond donors (Lipinski definition) is 1. The number of para-hydroxylation sites is 1. The lowest BCUT2D eigenvalue weighted by atomic mass is 9.78. The first-order chi connectivity index (χ1) is 21.1. The Morgan fingerprint density at radius 3 is 2.49 bits per heavy atom. The third kappa shape index (κ3) is 5.81. The molecule has 7 heteroatoms. The van der Waals surface area contributed by atoms with Gasteiger partial charge in [-0.2, -0.15) is 0 Å². The van der Waals surface area contributed by atoms with E-state index in [1.807, 2.05) is 36.4 Å². The van der Waals surface area contributed by atoms with Crippen molar-refractivity contribution in [2.75, 3.05) is 18.0 Å². The Morgan fingerprint density at radius 1 is 0.837 bits per heavy atom. The van der Waals surface area contributed by atoms with Gasteiger partial charge in [0, 0.05) is 42.7 Å². The summed E-state index contributed by atoms with van der Waals surface area (Å²) in [7, 11) is 0. The number of nitrogens with zero attached hydrogens (tertiary/aromatic N) is 4. The van der Waals surface area contributed by atoms with Crippen molar-refractivity contribution in [2.45, 2.75) is 64.0 Å². The molecule has 2 aliphatic rings. The average molecular weight is 575 g/mol. The number of hydrogen-bond acceptors (Lipinski definition) is 5. The number of pyridine rings is 1. The number of rotatable bonds is 8. The monoisotopic (exact) mass is 574 g/mol. The van der Waals surface area contributed by atoms with E-state index in [1.165, 1.54) is 30.5 Å². The summed E-state index contributed by atoms with van der Waals surface area (Å²) >= 11 is 0. The van der Waals surface area contributed by atoms with Gasteiger partial charge in [-0.3, -0.25) is 4.79 Å². The van der Waals surface area contributed by atoms with Gasteiger partial charge in [0.05, 0.1) is 28.2 Å². The number of ether oxygens (including phenoxy) is 1. The molecule has 0 amide bonds. The topological polar surface area (TPSA) is 80.5 Å². The number of piperidine rings is 1. The molecule has 2 fully saturated rings. The van der Waals surface area contributed by atoms with Crippen LogP contribution in [0.3, 0.4) is 0 Å².